The Morgan fingerprint density at radius 2 is 1.89 bits per heavy atom. The molecule has 1 heterocycles. The molecule has 0 saturated carbocycles. The number of halogens is 3. The number of fused-ring (bicyclic) bond motifs is 1. The Hall–Kier alpha value is -2.31. The number of hydrogen-bond donors (Lipinski definition) is 1. The number of pyridine rings is 1. The first-order valence-corrected chi connectivity index (χ1v) is 4.79. The van der Waals surface area contributed by atoms with Gasteiger partial charge in [-0.3, -0.25) is 4.79 Å². The van der Waals surface area contributed by atoms with Crippen molar-refractivity contribution in [2.75, 3.05) is 0 Å². The molecule has 0 bridgehead atoms. The van der Waals surface area contributed by atoms with Gasteiger partial charge in [-0.1, -0.05) is 12.1 Å². The van der Waals surface area contributed by atoms with E-state index < -0.39 is 23.3 Å². The summed E-state index contributed by atoms with van der Waals surface area (Å²) < 4.78 is 38.8. The van der Waals surface area contributed by atoms with Crippen LogP contribution in [0.4, 0.5) is 13.2 Å². The fourth-order valence-electron chi connectivity index (χ4n) is 1.48. The zero-order chi connectivity index (χ0) is 13.3. The topological polar surface area (TPSA) is 59.2 Å². The zero-order valence-electron chi connectivity index (χ0n) is 8.75. The normalized spacial score (nSPS) is 11.5. The highest BCUT2D eigenvalue weighted by atomic mass is 19.4. The third-order valence-electron chi connectivity index (χ3n) is 2.22. The van der Waals surface area contributed by atoms with Crippen molar-refractivity contribution in [2.24, 2.45) is 0 Å². The predicted molar refractivity (Wildman–Crippen MR) is 56.0 cm³/mol. The second-order valence-electron chi connectivity index (χ2n) is 3.41. The molecular formula is C11H6F3NO3. The second kappa shape index (κ2) is 4.17. The third kappa shape index (κ3) is 2.34. The lowest BCUT2D eigenvalue weighted by atomic mass is 10.1. The third-order valence-corrected chi connectivity index (χ3v) is 2.22. The standard InChI is InChI=1S/C11H6F3NO3/c12-11(13,14)18-10(17)7-5-15-8-4-2-1-3-6(8)9(7)16/h1-5H,(H,15,16). The van der Waals surface area contributed by atoms with Gasteiger partial charge in [-0.25, -0.2) is 4.79 Å². The van der Waals surface area contributed by atoms with Crippen LogP contribution in [0.2, 0.25) is 0 Å². The van der Waals surface area contributed by atoms with E-state index in [0.717, 1.165) is 6.20 Å². The van der Waals surface area contributed by atoms with Gasteiger partial charge in [-0.15, -0.1) is 13.2 Å². The number of carbonyl (C=O) groups excluding carboxylic acids is 1. The Kier molecular flexibility index (Phi) is 2.82. The lowest BCUT2D eigenvalue weighted by Crippen LogP contribution is -2.24. The smallest absolute Gasteiger partial charge is 0.369 e. The van der Waals surface area contributed by atoms with Gasteiger partial charge in [0.2, 0.25) is 5.43 Å². The van der Waals surface area contributed by atoms with Crippen LogP contribution in [0.25, 0.3) is 10.9 Å². The van der Waals surface area contributed by atoms with Crippen LogP contribution in [0.5, 0.6) is 0 Å². The molecule has 0 amide bonds. The van der Waals surface area contributed by atoms with Crippen molar-refractivity contribution >= 4 is 16.9 Å². The first-order valence-electron chi connectivity index (χ1n) is 4.79. The number of H-pyrrole nitrogens is 1. The van der Waals surface area contributed by atoms with Gasteiger partial charge in [0.1, 0.15) is 5.56 Å². The van der Waals surface area contributed by atoms with Crippen LogP contribution in [0.3, 0.4) is 0 Å². The predicted octanol–water partition coefficient (Wildman–Crippen LogP) is 2.20. The van der Waals surface area contributed by atoms with Gasteiger partial charge in [0.05, 0.1) is 0 Å². The number of carbonyl (C=O) groups is 1. The summed E-state index contributed by atoms with van der Waals surface area (Å²) in [6, 6.07) is 6.15. The quantitative estimate of drug-likeness (QED) is 0.797. The maximum Gasteiger partial charge on any atom is 0.575 e. The number of esters is 1. The van der Waals surface area contributed by atoms with Gasteiger partial charge in [0.25, 0.3) is 0 Å². The Labute approximate surface area is 98.0 Å². The average molecular weight is 257 g/mol. The van der Waals surface area contributed by atoms with Crippen molar-refractivity contribution in [2.45, 2.75) is 6.36 Å². The van der Waals surface area contributed by atoms with Crippen molar-refractivity contribution in [1.82, 2.24) is 4.98 Å². The fraction of sp³-hybridized carbons (Fsp3) is 0.0909. The minimum Gasteiger partial charge on any atom is -0.369 e. The Bertz CT molecular complexity index is 660. The molecule has 0 atom stereocenters. The summed E-state index contributed by atoms with van der Waals surface area (Å²) >= 11 is 0. The summed E-state index contributed by atoms with van der Waals surface area (Å²) in [5.41, 5.74) is -1.07. The number of benzene rings is 1. The van der Waals surface area contributed by atoms with E-state index in [0.29, 0.717) is 5.52 Å². The van der Waals surface area contributed by atoms with Gasteiger partial charge < -0.3 is 9.72 Å². The average Bonchev–Trinajstić information content (AvgIpc) is 2.27. The molecule has 0 radical (unpaired) electrons. The molecule has 2 aromatic rings. The molecule has 94 valence electrons. The van der Waals surface area contributed by atoms with Crippen LogP contribution in [0, 0.1) is 0 Å². The molecule has 18 heavy (non-hydrogen) atoms. The van der Waals surface area contributed by atoms with E-state index in [9.17, 15) is 22.8 Å². The van der Waals surface area contributed by atoms with Crippen molar-refractivity contribution < 1.29 is 22.7 Å². The van der Waals surface area contributed by atoms with Crippen LogP contribution >= 0.6 is 0 Å². The number of aromatic amines is 1. The van der Waals surface area contributed by atoms with E-state index in [4.69, 9.17) is 0 Å². The van der Waals surface area contributed by atoms with E-state index in [2.05, 4.69) is 9.72 Å². The van der Waals surface area contributed by atoms with Crippen LogP contribution in [0.1, 0.15) is 10.4 Å². The number of aromatic nitrogens is 1. The zero-order valence-corrected chi connectivity index (χ0v) is 8.75. The molecule has 4 nitrogen and oxygen atoms in total. The van der Waals surface area contributed by atoms with E-state index in [1.165, 1.54) is 12.1 Å². The molecule has 0 spiro atoms. The minimum absolute atomic E-state index is 0.120. The largest absolute Gasteiger partial charge is 0.575 e. The maximum atomic E-state index is 11.9. The van der Waals surface area contributed by atoms with E-state index in [-0.39, 0.29) is 5.39 Å². The summed E-state index contributed by atoms with van der Waals surface area (Å²) in [7, 11) is 0. The van der Waals surface area contributed by atoms with Gasteiger partial charge >= 0.3 is 12.3 Å². The van der Waals surface area contributed by atoms with Crippen LogP contribution in [0.15, 0.2) is 35.3 Å². The molecule has 0 aliphatic heterocycles. The summed E-state index contributed by atoms with van der Waals surface area (Å²) in [5, 5.41) is 0.120. The van der Waals surface area contributed by atoms with Crippen molar-refractivity contribution in [3.05, 3.63) is 46.2 Å². The monoisotopic (exact) mass is 257 g/mol. The van der Waals surface area contributed by atoms with Gasteiger partial charge in [-0.2, -0.15) is 0 Å². The highest BCUT2D eigenvalue weighted by molar-refractivity contribution is 5.93. The van der Waals surface area contributed by atoms with Gasteiger partial charge in [0.15, 0.2) is 0 Å². The number of hydrogen-bond acceptors (Lipinski definition) is 3. The van der Waals surface area contributed by atoms with Gasteiger partial charge in [0, 0.05) is 17.1 Å². The highest BCUT2D eigenvalue weighted by Gasteiger charge is 2.35. The summed E-state index contributed by atoms with van der Waals surface area (Å²) in [5.74, 6) is -1.73. The molecule has 0 aliphatic rings. The SMILES string of the molecule is O=C(OC(F)(F)F)c1c[nH]c2ccccc2c1=O. The van der Waals surface area contributed by atoms with E-state index in [1.807, 2.05) is 0 Å². The summed E-state index contributed by atoms with van der Waals surface area (Å²) in [4.78, 5) is 25.5. The molecular weight excluding hydrogens is 251 g/mol. The van der Waals surface area contributed by atoms with Crippen LogP contribution in [-0.4, -0.2) is 17.3 Å². The Morgan fingerprint density at radius 1 is 1.22 bits per heavy atom. The fourth-order valence-corrected chi connectivity index (χ4v) is 1.48. The minimum atomic E-state index is -5.12. The lowest BCUT2D eigenvalue weighted by Gasteiger charge is -2.07. The first kappa shape index (κ1) is 12.2. The van der Waals surface area contributed by atoms with Gasteiger partial charge in [-0.05, 0) is 12.1 Å². The van der Waals surface area contributed by atoms with Crippen molar-refractivity contribution in [3.63, 3.8) is 0 Å². The molecule has 1 aromatic carbocycles. The number of alkyl halides is 3. The molecule has 0 unspecified atom stereocenters. The molecule has 2 rings (SSSR count). The van der Waals surface area contributed by atoms with Crippen molar-refractivity contribution in [1.29, 1.82) is 0 Å². The van der Waals surface area contributed by atoms with E-state index in [1.54, 1.807) is 12.1 Å². The Balaban J connectivity index is 2.50. The molecule has 1 aromatic heterocycles. The number of ether oxygens (including phenoxy) is 1. The maximum absolute atomic E-state index is 11.9. The number of para-hydroxylation sites is 1. The second-order valence-corrected chi connectivity index (χ2v) is 3.41. The number of rotatable bonds is 1. The molecule has 0 aliphatic carbocycles. The van der Waals surface area contributed by atoms with Crippen LogP contribution < -0.4 is 5.43 Å². The molecule has 0 saturated heterocycles. The molecule has 1 N–H and O–H groups in total. The van der Waals surface area contributed by atoms with Crippen LogP contribution in [-0.2, 0) is 4.74 Å². The van der Waals surface area contributed by atoms with Crippen molar-refractivity contribution in [3.8, 4) is 0 Å². The highest BCUT2D eigenvalue weighted by Crippen LogP contribution is 2.18. The summed E-state index contributed by atoms with van der Waals surface area (Å²) in [6.07, 6.45) is -4.21. The summed E-state index contributed by atoms with van der Waals surface area (Å²) in [6.45, 7) is 0. The Morgan fingerprint density at radius 3 is 2.56 bits per heavy atom. The number of nitrogens with one attached hydrogen (secondary N) is 1. The van der Waals surface area contributed by atoms with E-state index >= 15 is 0 Å². The molecule has 0 fully saturated rings. The molecule has 7 heteroatoms. The first-order chi connectivity index (χ1) is 8.38. The lowest BCUT2D eigenvalue weighted by molar-refractivity contribution is -0.291.